The summed E-state index contributed by atoms with van der Waals surface area (Å²) in [4.78, 5) is 27.1. The minimum atomic E-state index is -0.698. The molecule has 0 spiro atoms. The quantitative estimate of drug-likeness (QED) is 0.179. The van der Waals surface area contributed by atoms with Crippen LogP contribution >= 0.6 is 0 Å². The molecule has 0 amide bonds. The number of ether oxygens (including phenoxy) is 2. The molecule has 1 unspecified atom stereocenters. The zero-order valence-electron chi connectivity index (χ0n) is 20.6. The van der Waals surface area contributed by atoms with Crippen LogP contribution in [0, 0.1) is 0 Å². The van der Waals surface area contributed by atoms with Crippen molar-refractivity contribution in [2.75, 3.05) is 13.1 Å². The molecule has 1 aliphatic rings. The first-order valence-corrected chi connectivity index (χ1v) is 12.2. The van der Waals surface area contributed by atoms with Gasteiger partial charge in [-0.1, -0.05) is 26.0 Å². The van der Waals surface area contributed by atoms with Gasteiger partial charge in [0.25, 0.3) is 0 Å². The highest BCUT2D eigenvalue weighted by Crippen LogP contribution is 2.40. The van der Waals surface area contributed by atoms with Crippen LogP contribution in [0.5, 0.6) is 17.2 Å². The summed E-state index contributed by atoms with van der Waals surface area (Å²) in [7, 11) is 0. The Morgan fingerprint density at radius 1 is 1.08 bits per heavy atom. The number of rotatable bonds is 9. The summed E-state index contributed by atoms with van der Waals surface area (Å²) < 4.78 is 17.6. The molecule has 1 aromatic heterocycles. The predicted molar refractivity (Wildman–Crippen MR) is 140 cm³/mol. The van der Waals surface area contributed by atoms with Gasteiger partial charge in [-0.25, -0.2) is 0 Å². The number of carbonyl (C=O) groups excluding carboxylic acids is 2. The van der Waals surface area contributed by atoms with Crippen LogP contribution in [0.2, 0.25) is 0 Å². The minimum absolute atomic E-state index is 0.134. The van der Waals surface area contributed by atoms with Gasteiger partial charge in [0.15, 0.2) is 12.0 Å². The van der Waals surface area contributed by atoms with Crippen molar-refractivity contribution in [3.63, 3.8) is 0 Å². The number of ketones is 1. The normalized spacial score (nSPS) is 13.3. The van der Waals surface area contributed by atoms with Crippen LogP contribution in [0.25, 0.3) is 22.1 Å². The molecular weight excluding hydrogens is 470 g/mol. The van der Waals surface area contributed by atoms with Crippen LogP contribution in [-0.2, 0) is 11.2 Å². The summed E-state index contributed by atoms with van der Waals surface area (Å²) in [5, 5.41) is 10.6. The molecule has 0 saturated heterocycles. The van der Waals surface area contributed by atoms with Crippen molar-refractivity contribution < 1.29 is 28.6 Å². The van der Waals surface area contributed by atoms with E-state index in [1.54, 1.807) is 60.9 Å². The highest BCUT2D eigenvalue weighted by atomic mass is 16.5. The molecular formula is C30H27NO6. The van der Waals surface area contributed by atoms with Gasteiger partial charge in [-0.05, 0) is 79.2 Å². The van der Waals surface area contributed by atoms with E-state index in [1.807, 2.05) is 30.9 Å². The third-order valence-corrected chi connectivity index (χ3v) is 6.52. The van der Waals surface area contributed by atoms with Crippen LogP contribution in [0.1, 0.15) is 35.5 Å². The smallest absolute Gasteiger partial charge is 0.228 e. The molecule has 1 aliphatic heterocycles. The molecule has 0 bridgehead atoms. The zero-order chi connectivity index (χ0) is 25.9. The van der Waals surface area contributed by atoms with E-state index in [4.69, 9.17) is 13.9 Å². The molecule has 1 N–H and O–H groups in total. The van der Waals surface area contributed by atoms with Crippen molar-refractivity contribution in [3.8, 4) is 28.4 Å². The van der Waals surface area contributed by atoms with E-state index < -0.39 is 6.23 Å². The van der Waals surface area contributed by atoms with Gasteiger partial charge in [0.1, 0.15) is 22.8 Å². The van der Waals surface area contributed by atoms with E-state index in [0.717, 1.165) is 22.8 Å². The molecule has 0 fully saturated rings. The van der Waals surface area contributed by atoms with Crippen molar-refractivity contribution in [3.05, 3.63) is 89.9 Å². The summed E-state index contributed by atoms with van der Waals surface area (Å²) in [6, 6.07) is 17.1. The van der Waals surface area contributed by atoms with Gasteiger partial charge < -0.3 is 19.0 Å². The fourth-order valence-corrected chi connectivity index (χ4v) is 4.54. The number of phenols is 1. The van der Waals surface area contributed by atoms with Crippen molar-refractivity contribution >= 4 is 23.0 Å². The lowest BCUT2D eigenvalue weighted by atomic mass is 9.96. The Hall–Kier alpha value is -4.36. The van der Waals surface area contributed by atoms with Crippen LogP contribution in [0.15, 0.2) is 77.4 Å². The number of allylic oxidation sites excluding steroid dienone is 1. The molecule has 188 valence electrons. The lowest BCUT2D eigenvalue weighted by molar-refractivity contribution is -0.121. The van der Waals surface area contributed by atoms with E-state index >= 15 is 0 Å². The Labute approximate surface area is 214 Å². The monoisotopic (exact) mass is 497 g/mol. The summed E-state index contributed by atoms with van der Waals surface area (Å²) in [5.41, 5.74) is 3.35. The highest BCUT2D eigenvalue weighted by Gasteiger charge is 2.25. The topological polar surface area (TPSA) is 89.2 Å². The standard InChI is InChI=1S/C30H27NO6/c1-3-31(4-2)27(18-32)36-23-13-9-20(10-14-23)29(34)30-28(19-7-11-22(33)12-8-19)24-16-21-6-5-15-35-25(21)17-26(24)37-30/h5,7-18,27,33H,3-4,6H2,1-2H3. The predicted octanol–water partition coefficient (Wildman–Crippen LogP) is 5.73. The van der Waals surface area contributed by atoms with Crippen LogP contribution < -0.4 is 9.47 Å². The Morgan fingerprint density at radius 2 is 1.81 bits per heavy atom. The van der Waals surface area contributed by atoms with Crippen LogP contribution in [-0.4, -0.2) is 41.4 Å². The molecule has 4 aromatic rings. The van der Waals surface area contributed by atoms with Gasteiger partial charge in [-0.2, -0.15) is 0 Å². The molecule has 7 heteroatoms. The van der Waals surface area contributed by atoms with Crippen molar-refractivity contribution in [2.45, 2.75) is 26.5 Å². The van der Waals surface area contributed by atoms with E-state index in [1.165, 1.54) is 0 Å². The molecule has 7 nitrogen and oxygen atoms in total. The Kier molecular flexibility index (Phi) is 6.79. The molecule has 1 atom stereocenters. The summed E-state index contributed by atoms with van der Waals surface area (Å²) in [6.07, 6.45) is 4.35. The third-order valence-electron chi connectivity index (χ3n) is 6.52. The van der Waals surface area contributed by atoms with Crippen molar-refractivity contribution in [1.29, 1.82) is 0 Å². The Morgan fingerprint density at radius 3 is 2.49 bits per heavy atom. The van der Waals surface area contributed by atoms with E-state index in [2.05, 4.69) is 0 Å². The van der Waals surface area contributed by atoms with Gasteiger partial charge in [0.05, 0.1) is 6.26 Å². The van der Waals surface area contributed by atoms with Crippen molar-refractivity contribution in [1.82, 2.24) is 4.90 Å². The number of nitrogens with zero attached hydrogens (tertiary/aromatic N) is 1. The maximum Gasteiger partial charge on any atom is 0.228 e. The average Bonchev–Trinajstić information content (AvgIpc) is 3.30. The molecule has 0 saturated carbocycles. The Bertz CT molecular complexity index is 1460. The fraction of sp³-hybridized carbons (Fsp3) is 0.200. The lowest BCUT2D eigenvalue weighted by Crippen LogP contribution is -2.40. The second kappa shape index (κ2) is 10.3. The molecule has 5 rings (SSSR count). The first-order chi connectivity index (χ1) is 18.0. The average molecular weight is 498 g/mol. The summed E-state index contributed by atoms with van der Waals surface area (Å²) in [6.45, 7) is 5.27. The SMILES string of the molecule is CCN(CC)C(C=O)Oc1ccc(C(=O)c2oc3cc4c(cc3c2-c2ccc(O)cc2)CC=CO4)cc1. The van der Waals surface area contributed by atoms with Crippen LogP contribution in [0.3, 0.4) is 0 Å². The number of hydrogen-bond acceptors (Lipinski definition) is 7. The molecule has 0 aliphatic carbocycles. The first kappa shape index (κ1) is 24.3. The number of benzene rings is 3. The maximum absolute atomic E-state index is 13.7. The lowest BCUT2D eigenvalue weighted by Gasteiger charge is -2.25. The number of carbonyl (C=O) groups is 2. The van der Waals surface area contributed by atoms with Gasteiger partial charge in [-0.15, -0.1) is 0 Å². The van der Waals surface area contributed by atoms with Gasteiger partial charge >= 0.3 is 0 Å². The summed E-state index contributed by atoms with van der Waals surface area (Å²) in [5.74, 6) is 1.21. The largest absolute Gasteiger partial charge is 0.508 e. The second-order valence-electron chi connectivity index (χ2n) is 8.72. The molecule has 0 radical (unpaired) electrons. The van der Waals surface area contributed by atoms with Crippen molar-refractivity contribution in [2.24, 2.45) is 0 Å². The fourth-order valence-electron chi connectivity index (χ4n) is 4.54. The summed E-state index contributed by atoms with van der Waals surface area (Å²) >= 11 is 0. The molecule has 2 heterocycles. The minimum Gasteiger partial charge on any atom is -0.508 e. The van der Waals surface area contributed by atoms with Gasteiger partial charge in [0, 0.05) is 22.6 Å². The number of aldehydes is 1. The van der Waals surface area contributed by atoms with Gasteiger partial charge in [0.2, 0.25) is 12.0 Å². The van der Waals surface area contributed by atoms with Crippen LogP contribution in [0.4, 0.5) is 0 Å². The number of likely N-dealkylation sites (N-methyl/N-ethyl adjacent to an activating group) is 1. The molecule has 37 heavy (non-hydrogen) atoms. The number of fused-ring (bicyclic) bond motifs is 2. The van der Waals surface area contributed by atoms with E-state index in [-0.39, 0.29) is 17.3 Å². The number of aromatic hydroxyl groups is 1. The third kappa shape index (κ3) is 4.73. The number of furan rings is 1. The first-order valence-electron chi connectivity index (χ1n) is 12.2. The van der Waals surface area contributed by atoms with Gasteiger partial charge in [-0.3, -0.25) is 14.5 Å². The Balaban J connectivity index is 1.53. The maximum atomic E-state index is 13.7. The zero-order valence-corrected chi connectivity index (χ0v) is 20.6. The number of phenolic OH excluding ortho intramolecular Hbond substituents is 1. The highest BCUT2D eigenvalue weighted by molar-refractivity contribution is 6.16. The number of hydrogen-bond donors (Lipinski definition) is 1. The second-order valence-corrected chi connectivity index (χ2v) is 8.72. The van der Waals surface area contributed by atoms with E-state index in [9.17, 15) is 14.7 Å². The molecule has 3 aromatic carbocycles. The van der Waals surface area contributed by atoms with E-state index in [0.29, 0.717) is 47.7 Å².